The first-order valence-corrected chi connectivity index (χ1v) is 13.0. The fourth-order valence-electron chi connectivity index (χ4n) is 3.69. The summed E-state index contributed by atoms with van der Waals surface area (Å²) in [6.45, 7) is 0.227. The average molecular weight is 688 g/mol. The zero-order chi connectivity index (χ0) is 35.0. The standard InChI is InChI=1S/C10H13N5O4.C7H8N6O3.C5H4N6O2.CH4/c1-18-4-3-7(16)8-9-12-13-15(6-19-2)10(17)14(9)5-11-8;1-16-3-13-7(15)12-2-9-4(5(8)14)6(12)10-11-13;6-3(12)2-4-8-10-9-5(13)11(4)1-7-2;/h5H,3-4,6H2,1-2H3;2H,3H2,1H3,(H2,8,14);1H,(H2,6,12)(H,8,9,13);1H4. The van der Waals surface area contributed by atoms with Gasteiger partial charge < -0.3 is 25.7 Å². The van der Waals surface area contributed by atoms with Crippen molar-refractivity contribution in [1.29, 1.82) is 0 Å². The number of Topliss-reactive ketones (excluding diaryl/α,β-unsaturated/α-hetero) is 1. The Morgan fingerprint density at radius 2 is 1.14 bits per heavy atom. The summed E-state index contributed by atoms with van der Waals surface area (Å²) >= 11 is 0. The molecule has 5 N–H and O–H groups in total. The molecule has 0 aliphatic carbocycles. The lowest BCUT2D eigenvalue weighted by atomic mass is 10.2. The van der Waals surface area contributed by atoms with E-state index < -0.39 is 28.9 Å². The Hall–Kier alpha value is -6.67. The van der Waals surface area contributed by atoms with Gasteiger partial charge in [0.2, 0.25) is 0 Å². The minimum atomic E-state index is -0.763. The van der Waals surface area contributed by atoms with Gasteiger partial charge in [-0.25, -0.2) is 47.6 Å². The summed E-state index contributed by atoms with van der Waals surface area (Å²) in [6.07, 6.45) is 3.74. The number of methoxy groups -OCH3 is 3. The largest absolute Gasteiger partial charge is 0.384 e. The van der Waals surface area contributed by atoms with Crippen LogP contribution in [0.15, 0.2) is 33.4 Å². The van der Waals surface area contributed by atoms with Gasteiger partial charge in [-0.1, -0.05) is 23.1 Å². The molecular formula is C23H29N17O9. The topological polar surface area (TPSA) is 337 Å². The molecule has 0 saturated heterocycles. The van der Waals surface area contributed by atoms with E-state index in [1.165, 1.54) is 34.0 Å². The first-order chi connectivity index (χ1) is 23.0. The predicted octanol–water partition coefficient (Wildman–Crippen LogP) is -4.35. The molecule has 6 rings (SSSR count). The number of fused-ring (bicyclic) bond motifs is 3. The smallest absolute Gasteiger partial charge is 0.355 e. The highest BCUT2D eigenvalue weighted by molar-refractivity contribution is 5.99. The highest BCUT2D eigenvalue weighted by Crippen LogP contribution is 2.06. The van der Waals surface area contributed by atoms with E-state index in [1.54, 1.807) is 0 Å². The molecule has 0 aliphatic heterocycles. The minimum Gasteiger partial charge on any atom is -0.384 e. The molecule has 26 nitrogen and oxygen atoms in total. The highest BCUT2D eigenvalue weighted by Gasteiger charge is 2.18. The van der Waals surface area contributed by atoms with Crippen molar-refractivity contribution in [3.63, 3.8) is 0 Å². The van der Waals surface area contributed by atoms with Crippen molar-refractivity contribution in [3.05, 3.63) is 67.5 Å². The monoisotopic (exact) mass is 687 g/mol. The molecule has 2 amide bonds. The van der Waals surface area contributed by atoms with E-state index in [2.05, 4.69) is 51.0 Å². The molecule has 0 bridgehead atoms. The third-order valence-corrected chi connectivity index (χ3v) is 5.85. The van der Waals surface area contributed by atoms with E-state index in [0.29, 0.717) is 0 Å². The number of ether oxygens (including phenoxy) is 3. The van der Waals surface area contributed by atoms with Gasteiger partial charge in [0, 0.05) is 27.8 Å². The summed E-state index contributed by atoms with van der Waals surface area (Å²) in [5, 5.41) is 23.6. The van der Waals surface area contributed by atoms with Gasteiger partial charge >= 0.3 is 17.1 Å². The number of aromatic amines is 1. The number of carbonyl (C=O) groups is 3. The maximum atomic E-state index is 11.9. The lowest BCUT2D eigenvalue weighted by molar-refractivity contribution is 0.0927. The van der Waals surface area contributed by atoms with Crippen LogP contribution in [0.2, 0.25) is 0 Å². The number of ketones is 1. The van der Waals surface area contributed by atoms with Crippen molar-refractivity contribution in [2.24, 2.45) is 11.5 Å². The van der Waals surface area contributed by atoms with Gasteiger partial charge in [-0.05, 0) is 0 Å². The number of hydrogen-bond donors (Lipinski definition) is 3. The molecule has 0 aliphatic rings. The van der Waals surface area contributed by atoms with E-state index in [0.717, 1.165) is 28.9 Å². The fourth-order valence-corrected chi connectivity index (χ4v) is 3.69. The molecule has 0 saturated carbocycles. The van der Waals surface area contributed by atoms with Crippen LogP contribution in [-0.4, -0.2) is 119 Å². The number of amides is 2. The van der Waals surface area contributed by atoms with Gasteiger partial charge in [0.15, 0.2) is 39.8 Å². The maximum Gasteiger partial charge on any atom is 0.355 e. The average Bonchev–Trinajstić information content (AvgIpc) is 3.81. The summed E-state index contributed by atoms with van der Waals surface area (Å²) in [7, 11) is 4.36. The SMILES string of the molecule is C.COCCC(=O)c1ncn2c(=O)n(COC)nnc12.COCn1nnc2c(C(N)=O)ncn2c1=O.NC(=O)c1ncn2c(=O)[nH]nnc12. The number of carbonyl (C=O) groups excluding carboxylic acids is 3. The Bertz CT molecular complexity index is 2280. The zero-order valence-corrected chi connectivity index (χ0v) is 25.2. The van der Waals surface area contributed by atoms with Crippen LogP contribution in [0.5, 0.6) is 0 Å². The molecule has 0 spiro atoms. The van der Waals surface area contributed by atoms with E-state index in [1.807, 2.05) is 0 Å². The fraction of sp³-hybridized carbons (Fsp3) is 0.348. The molecule has 6 heterocycles. The normalized spacial score (nSPS) is 10.6. The molecule has 26 heteroatoms. The number of primary amides is 2. The summed E-state index contributed by atoms with van der Waals surface area (Å²) in [5.74, 6) is -1.76. The predicted molar refractivity (Wildman–Crippen MR) is 160 cm³/mol. The third-order valence-electron chi connectivity index (χ3n) is 5.85. The molecule has 6 aromatic heterocycles. The second-order valence-corrected chi connectivity index (χ2v) is 8.95. The second-order valence-electron chi connectivity index (χ2n) is 8.95. The van der Waals surface area contributed by atoms with E-state index in [4.69, 9.17) is 25.7 Å². The molecule has 0 radical (unpaired) electrons. The van der Waals surface area contributed by atoms with Crippen molar-refractivity contribution in [1.82, 2.24) is 73.6 Å². The molecular weight excluding hydrogens is 658 g/mol. The van der Waals surface area contributed by atoms with Gasteiger partial charge in [-0.3, -0.25) is 14.4 Å². The molecule has 260 valence electrons. The Balaban J connectivity index is 0.000000200. The van der Waals surface area contributed by atoms with Gasteiger partial charge in [-0.15, -0.1) is 15.3 Å². The van der Waals surface area contributed by atoms with Crippen LogP contribution < -0.4 is 28.5 Å². The Kier molecular flexibility index (Phi) is 12.2. The van der Waals surface area contributed by atoms with Crippen LogP contribution >= 0.6 is 0 Å². The van der Waals surface area contributed by atoms with Crippen LogP contribution in [0.1, 0.15) is 45.3 Å². The van der Waals surface area contributed by atoms with Crippen molar-refractivity contribution in [2.75, 3.05) is 27.9 Å². The molecule has 6 aromatic rings. The molecule has 0 aromatic carbocycles. The van der Waals surface area contributed by atoms with Crippen LogP contribution in [0.3, 0.4) is 0 Å². The number of aromatic nitrogens is 15. The van der Waals surface area contributed by atoms with Crippen LogP contribution in [0.4, 0.5) is 0 Å². The lowest BCUT2D eigenvalue weighted by Crippen LogP contribution is -2.30. The Morgan fingerprint density at radius 3 is 1.61 bits per heavy atom. The minimum absolute atomic E-state index is 0. The van der Waals surface area contributed by atoms with Crippen molar-refractivity contribution < 1.29 is 28.6 Å². The number of rotatable bonds is 10. The van der Waals surface area contributed by atoms with E-state index >= 15 is 0 Å². The zero-order valence-electron chi connectivity index (χ0n) is 25.2. The highest BCUT2D eigenvalue weighted by atomic mass is 16.5. The maximum absolute atomic E-state index is 11.9. The number of nitrogens with one attached hydrogen (secondary N) is 1. The number of nitrogens with two attached hydrogens (primary N) is 2. The molecule has 0 fully saturated rings. The number of hydrogen-bond acceptors (Lipinski definition) is 18. The first kappa shape index (κ1) is 36.8. The summed E-state index contributed by atoms with van der Waals surface area (Å²) in [6, 6.07) is 0. The Labute approximate surface area is 271 Å². The summed E-state index contributed by atoms with van der Waals surface area (Å²) in [5.41, 5.74) is 8.72. The van der Waals surface area contributed by atoms with Gasteiger partial charge in [0.25, 0.3) is 11.8 Å². The van der Waals surface area contributed by atoms with Gasteiger partial charge in [0.1, 0.15) is 32.4 Å². The third kappa shape index (κ3) is 7.84. The first-order valence-electron chi connectivity index (χ1n) is 13.0. The molecule has 0 atom stereocenters. The summed E-state index contributed by atoms with van der Waals surface area (Å²) < 4.78 is 19.7. The lowest BCUT2D eigenvalue weighted by Gasteiger charge is -2.01. The van der Waals surface area contributed by atoms with Crippen LogP contribution in [-0.2, 0) is 27.7 Å². The molecule has 0 unspecified atom stereocenters. The Morgan fingerprint density at radius 1 is 0.694 bits per heavy atom. The summed E-state index contributed by atoms with van der Waals surface area (Å²) in [4.78, 5) is 79.4. The van der Waals surface area contributed by atoms with Crippen LogP contribution in [0, 0.1) is 0 Å². The number of H-pyrrole nitrogens is 1. The number of imidazole rings is 3. The van der Waals surface area contributed by atoms with Crippen LogP contribution in [0.25, 0.3) is 16.9 Å². The van der Waals surface area contributed by atoms with E-state index in [-0.39, 0.29) is 73.7 Å². The number of nitrogens with zero attached hydrogens (tertiary/aromatic N) is 14. The van der Waals surface area contributed by atoms with Crippen molar-refractivity contribution >= 4 is 34.5 Å². The second kappa shape index (κ2) is 16.2. The van der Waals surface area contributed by atoms with Crippen molar-refractivity contribution in [2.45, 2.75) is 27.3 Å². The quantitative estimate of drug-likeness (QED) is 0.114. The van der Waals surface area contributed by atoms with Crippen molar-refractivity contribution in [3.8, 4) is 0 Å². The van der Waals surface area contributed by atoms with Gasteiger partial charge in [-0.2, -0.15) is 9.36 Å². The van der Waals surface area contributed by atoms with Gasteiger partial charge in [0.05, 0.1) is 6.61 Å². The molecule has 49 heavy (non-hydrogen) atoms. The van der Waals surface area contributed by atoms with E-state index in [9.17, 15) is 28.8 Å².